The van der Waals surface area contributed by atoms with Crippen molar-refractivity contribution in [3.63, 3.8) is 0 Å². The predicted molar refractivity (Wildman–Crippen MR) is 79.5 cm³/mol. The van der Waals surface area contributed by atoms with E-state index in [2.05, 4.69) is 21.2 Å². The molecule has 0 bridgehead atoms. The summed E-state index contributed by atoms with van der Waals surface area (Å²) in [6.07, 6.45) is -0.579. The van der Waals surface area contributed by atoms with Crippen LogP contribution in [0.1, 0.15) is 18.4 Å². The number of carbonyl (C=O) groups excluding carboxylic acids is 1. The van der Waals surface area contributed by atoms with Crippen LogP contribution >= 0.6 is 15.9 Å². The number of amides is 1. The van der Waals surface area contributed by atoms with Gasteiger partial charge in [0.05, 0.1) is 11.0 Å². The van der Waals surface area contributed by atoms with Crippen LogP contribution in [0.4, 0.5) is 0 Å². The van der Waals surface area contributed by atoms with Gasteiger partial charge in [0.25, 0.3) is 5.91 Å². The van der Waals surface area contributed by atoms with E-state index >= 15 is 0 Å². The summed E-state index contributed by atoms with van der Waals surface area (Å²) in [6.45, 7) is 3.93. The number of hydrogen-bond donors (Lipinski definition) is 1. The van der Waals surface area contributed by atoms with Crippen LogP contribution in [0, 0.1) is 6.92 Å². The van der Waals surface area contributed by atoms with Gasteiger partial charge in [0.2, 0.25) is 0 Å². The van der Waals surface area contributed by atoms with Crippen molar-refractivity contribution in [2.24, 2.45) is 0 Å². The van der Waals surface area contributed by atoms with Crippen LogP contribution in [0.3, 0.4) is 0 Å². The van der Waals surface area contributed by atoms with Crippen LogP contribution in [0.5, 0.6) is 5.75 Å². The fourth-order valence-corrected chi connectivity index (χ4v) is 2.06. The lowest BCUT2D eigenvalue weighted by atomic mass is 10.3. The molecule has 1 heterocycles. The van der Waals surface area contributed by atoms with Crippen LogP contribution in [-0.2, 0) is 11.3 Å². The van der Waals surface area contributed by atoms with Gasteiger partial charge in [0.15, 0.2) is 6.10 Å². The molecular formula is C15H16BrNO3. The van der Waals surface area contributed by atoms with E-state index in [9.17, 15) is 4.79 Å². The molecule has 0 aliphatic heterocycles. The molecule has 0 spiro atoms. The van der Waals surface area contributed by atoms with E-state index in [1.165, 1.54) is 0 Å². The SMILES string of the molecule is Cc1ccc(CNC(=O)[C@H](C)Oc2ccccc2Br)o1. The Morgan fingerprint density at radius 1 is 1.35 bits per heavy atom. The van der Waals surface area contributed by atoms with Gasteiger partial charge in [-0.05, 0) is 54.0 Å². The van der Waals surface area contributed by atoms with Crippen LogP contribution in [-0.4, -0.2) is 12.0 Å². The lowest BCUT2D eigenvalue weighted by Crippen LogP contribution is -2.35. The number of halogens is 1. The molecule has 2 rings (SSSR count). The van der Waals surface area contributed by atoms with Gasteiger partial charge in [-0.1, -0.05) is 12.1 Å². The summed E-state index contributed by atoms with van der Waals surface area (Å²) in [5.41, 5.74) is 0. The van der Waals surface area contributed by atoms with Crippen LogP contribution < -0.4 is 10.1 Å². The van der Waals surface area contributed by atoms with Crippen molar-refractivity contribution in [2.45, 2.75) is 26.5 Å². The average Bonchev–Trinajstić information content (AvgIpc) is 2.84. The largest absolute Gasteiger partial charge is 0.480 e. The van der Waals surface area contributed by atoms with Crippen molar-refractivity contribution in [3.8, 4) is 5.75 Å². The Morgan fingerprint density at radius 2 is 2.10 bits per heavy atom. The molecule has 106 valence electrons. The summed E-state index contributed by atoms with van der Waals surface area (Å²) in [7, 11) is 0. The van der Waals surface area contributed by atoms with Gasteiger partial charge in [0, 0.05) is 0 Å². The number of benzene rings is 1. The number of hydrogen-bond acceptors (Lipinski definition) is 3. The lowest BCUT2D eigenvalue weighted by molar-refractivity contribution is -0.127. The van der Waals surface area contributed by atoms with E-state index in [0.29, 0.717) is 12.3 Å². The van der Waals surface area contributed by atoms with Crippen molar-refractivity contribution < 1.29 is 13.9 Å². The van der Waals surface area contributed by atoms with Gasteiger partial charge in [-0.15, -0.1) is 0 Å². The Balaban J connectivity index is 1.87. The van der Waals surface area contributed by atoms with Crippen molar-refractivity contribution in [1.82, 2.24) is 5.32 Å². The fourth-order valence-electron chi connectivity index (χ4n) is 1.68. The molecule has 1 amide bonds. The number of rotatable bonds is 5. The second-order valence-corrected chi connectivity index (χ2v) is 5.28. The van der Waals surface area contributed by atoms with E-state index in [1.807, 2.05) is 43.3 Å². The first-order valence-electron chi connectivity index (χ1n) is 6.30. The van der Waals surface area contributed by atoms with Gasteiger partial charge in [0.1, 0.15) is 17.3 Å². The first-order chi connectivity index (χ1) is 9.56. The predicted octanol–water partition coefficient (Wildman–Crippen LogP) is 3.43. The zero-order chi connectivity index (χ0) is 14.5. The Labute approximate surface area is 126 Å². The molecule has 1 aromatic carbocycles. The third-order valence-corrected chi connectivity index (χ3v) is 3.40. The second kappa shape index (κ2) is 6.61. The van der Waals surface area contributed by atoms with Crippen LogP contribution in [0.15, 0.2) is 45.3 Å². The molecular weight excluding hydrogens is 322 g/mol. The van der Waals surface area contributed by atoms with E-state index in [0.717, 1.165) is 16.0 Å². The smallest absolute Gasteiger partial charge is 0.261 e. The molecule has 20 heavy (non-hydrogen) atoms. The van der Waals surface area contributed by atoms with Gasteiger partial charge >= 0.3 is 0 Å². The number of ether oxygens (including phenoxy) is 1. The number of aryl methyl sites for hydroxylation is 1. The molecule has 0 unspecified atom stereocenters. The third kappa shape index (κ3) is 3.87. The fraction of sp³-hybridized carbons (Fsp3) is 0.267. The number of carbonyl (C=O) groups is 1. The Morgan fingerprint density at radius 3 is 2.75 bits per heavy atom. The third-order valence-electron chi connectivity index (χ3n) is 2.74. The van der Waals surface area contributed by atoms with E-state index < -0.39 is 6.10 Å². The van der Waals surface area contributed by atoms with Gasteiger partial charge in [-0.25, -0.2) is 0 Å². The summed E-state index contributed by atoms with van der Waals surface area (Å²) in [5.74, 6) is 2.01. The van der Waals surface area contributed by atoms with Gasteiger partial charge in [-0.3, -0.25) is 4.79 Å². The van der Waals surface area contributed by atoms with E-state index in [4.69, 9.17) is 9.15 Å². The first kappa shape index (κ1) is 14.7. The average molecular weight is 338 g/mol. The maximum atomic E-state index is 11.9. The molecule has 0 saturated carbocycles. The molecule has 0 radical (unpaired) electrons. The van der Waals surface area contributed by atoms with Crippen molar-refractivity contribution in [1.29, 1.82) is 0 Å². The summed E-state index contributed by atoms with van der Waals surface area (Å²) >= 11 is 3.38. The standard InChI is InChI=1S/C15H16BrNO3/c1-10-7-8-12(19-10)9-17-15(18)11(2)20-14-6-4-3-5-13(14)16/h3-8,11H,9H2,1-2H3,(H,17,18)/t11-/m0/s1. The molecule has 5 heteroatoms. The molecule has 4 nitrogen and oxygen atoms in total. The minimum atomic E-state index is -0.579. The Bertz CT molecular complexity index is 594. The molecule has 2 aromatic rings. The van der Waals surface area contributed by atoms with Gasteiger partial charge in [-0.2, -0.15) is 0 Å². The summed E-state index contributed by atoms with van der Waals surface area (Å²) < 4.78 is 11.8. The minimum absolute atomic E-state index is 0.185. The lowest BCUT2D eigenvalue weighted by Gasteiger charge is -2.15. The highest BCUT2D eigenvalue weighted by Gasteiger charge is 2.15. The molecule has 0 aliphatic carbocycles. The zero-order valence-electron chi connectivity index (χ0n) is 11.4. The number of nitrogens with one attached hydrogen (secondary N) is 1. The highest BCUT2D eigenvalue weighted by atomic mass is 79.9. The molecule has 0 aliphatic rings. The van der Waals surface area contributed by atoms with Crippen LogP contribution in [0.2, 0.25) is 0 Å². The topological polar surface area (TPSA) is 51.5 Å². The molecule has 0 fully saturated rings. The summed E-state index contributed by atoms with van der Waals surface area (Å²) in [4.78, 5) is 11.9. The normalized spacial score (nSPS) is 11.9. The quantitative estimate of drug-likeness (QED) is 0.909. The van der Waals surface area contributed by atoms with Gasteiger partial charge < -0.3 is 14.5 Å². The highest BCUT2D eigenvalue weighted by Crippen LogP contribution is 2.24. The highest BCUT2D eigenvalue weighted by molar-refractivity contribution is 9.10. The molecule has 0 saturated heterocycles. The monoisotopic (exact) mass is 337 g/mol. The number of furan rings is 1. The van der Waals surface area contributed by atoms with Crippen molar-refractivity contribution in [3.05, 3.63) is 52.4 Å². The maximum absolute atomic E-state index is 11.9. The molecule has 1 atom stereocenters. The second-order valence-electron chi connectivity index (χ2n) is 4.42. The summed E-state index contributed by atoms with van der Waals surface area (Å²) in [5, 5.41) is 2.78. The van der Waals surface area contributed by atoms with Crippen LogP contribution in [0.25, 0.3) is 0 Å². The van der Waals surface area contributed by atoms with E-state index in [1.54, 1.807) is 6.92 Å². The van der Waals surface area contributed by atoms with E-state index in [-0.39, 0.29) is 5.91 Å². The molecule has 1 aromatic heterocycles. The minimum Gasteiger partial charge on any atom is -0.480 e. The van der Waals surface area contributed by atoms with Crippen molar-refractivity contribution in [2.75, 3.05) is 0 Å². The number of para-hydroxylation sites is 1. The Hall–Kier alpha value is -1.75. The Kier molecular flexibility index (Phi) is 4.84. The molecule has 1 N–H and O–H groups in total. The van der Waals surface area contributed by atoms with Crippen molar-refractivity contribution >= 4 is 21.8 Å². The summed E-state index contributed by atoms with van der Waals surface area (Å²) in [6, 6.07) is 11.1. The first-order valence-corrected chi connectivity index (χ1v) is 7.10. The maximum Gasteiger partial charge on any atom is 0.261 e. The zero-order valence-corrected chi connectivity index (χ0v) is 12.9.